The van der Waals surface area contributed by atoms with Gasteiger partial charge in [0.15, 0.2) is 0 Å². The second-order valence-electron chi connectivity index (χ2n) is 1.63. The maximum absolute atomic E-state index is 8.32. The lowest BCUT2D eigenvalue weighted by Crippen LogP contribution is -2.20. The van der Waals surface area contributed by atoms with Crippen LogP contribution in [0.2, 0.25) is 0 Å². The Morgan fingerprint density at radius 2 is 1.90 bits per heavy atom. The van der Waals surface area contributed by atoms with Gasteiger partial charge in [-0.15, -0.1) is 0 Å². The number of rotatable bonds is 2. The zero-order chi connectivity index (χ0) is 7.40. The highest BCUT2D eigenvalue weighted by Crippen LogP contribution is 2.05. The van der Waals surface area contributed by atoms with Crippen LogP contribution in [-0.4, -0.2) is 22.4 Å². The molecule has 0 saturated carbocycles. The maximum atomic E-state index is 8.32. The molecule has 1 aromatic rings. The van der Waals surface area contributed by atoms with Crippen LogP contribution in [0.5, 0.6) is 5.75 Å². The molecule has 2 N–H and O–H groups in total. The number of pyridine rings is 1. The van der Waals surface area contributed by atoms with E-state index in [0.717, 1.165) is 0 Å². The fourth-order valence-electron chi connectivity index (χ4n) is 0.539. The summed E-state index contributed by atoms with van der Waals surface area (Å²) in [6, 6.07) is 3.05. The van der Waals surface area contributed by atoms with Crippen LogP contribution in [0.25, 0.3) is 0 Å². The van der Waals surface area contributed by atoms with Gasteiger partial charge in [0.25, 0.3) is 0 Å². The van der Waals surface area contributed by atoms with E-state index >= 15 is 0 Å². The summed E-state index contributed by atoms with van der Waals surface area (Å²) in [7, 11) is -1.76. The molecule has 1 heterocycles. The summed E-state index contributed by atoms with van der Waals surface area (Å²) in [5, 5.41) is 16.6. The third-order valence-electron chi connectivity index (χ3n) is 0.891. The first-order valence-corrected chi connectivity index (χ1v) is 2.72. The Bertz CT molecular complexity index is 191. The minimum Gasteiger partial charge on any atom is -0.512 e. The molecule has 1 aromatic heterocycles. The lowest BCUT2D eigenvalue weighted by molar-refractivity contribution is 0.288. The smallest absolute Gasteiger partial charge is 0.512 e. The number of hydrogen-bond donors (Lipinski definition) is 2. The zero-order valence-electron chi connectivity index (χ0n) is 5.14. The Morgan fingerprint density at radius 3 is 2.40 bits per heavy atom. The van der Waals surface area contributed by atoms with Gasteiger partial charge in [0.1, 0.15) is 5.75 Å². The normalized spacial score (nSPS) is 9.00. The Morgan fingerprint density at radius 1 is 1.30 bits per heavy atom. The summed E-state index contributed by atoms with van der Waals surface area (Å²) in [5.41, 5.74) is 0. The van der Waals surface area contributed by atoms with Crippen LogP contribution in [0, 0.1) is 0 Å². The van der Waals surface area contributed by atoms with Gasteiger partial charge in [-0.05, 0) is 12.1 Å². The first-order chi connectivity index (χ1) is 4.79. The van der Waals surface area contributed by atoms with E-state index in [9.17, 15) is 0 Å². The first kappa shape index (κ1) is 7.05. The van der Waals surface area contributed by atoms with Crippen molar-refractivity contribution in [1.29, 1.82) is 0 Å². The summed E-state index contributed by atoms with van der Waals surface area (Å²) < 4.78 is 4.49. The fourth-order valence-corrected chi connectivity index (χ4v) is 0.539. The summed E-state index contributed by atoms with van der Waals surface area (Å²) in [4.78, 5) is 3.71. The van der Waals surface area contributed by atoms with Crippen LogP contribution in [0.3, 0.4) is 0 Å². The van der Waals surface area contributed by atoms with E-state index < -0.39 is 7.32 Å². The van der Waals surface area contributed by atoms with Gasteiger partial charge in [0, 0.05) is 12.4 Å². The molecule has 0 aliphatic heterocycles. The second kappa shape index (κ2) is 3.19. The Labute approximate surface area is 58.3 Å². The molecule has 0 aliphatic rings. The summed E-state index contributed by atoms with van der Waals surface area (Å²) in [5.74, 6) is 0.380. The molecule has 0 bridgehead atoms. The highest BCUT2D eigenvalue weighted by molar-refractivity contribution is 6.33. The standard InChI is InChI=1S/C5H6BNO3/c8-6(9)10-5-1-3-7-4-2-5/h1-4,8-9H. The fraction of sp³-hybridized carbons (Fsp3) is 0. The Hall–Kier alpha value is -1.07. The van der Waals surface area contributed by atoms with E-state index in [2.05, 4.69) is 9.64 Å². The first-order valence-electron chi connectivity index (χ1n) is 2.72. The van der Waals surface area contributed by atoms with Crippen molar-refractivity contribution in [3.05, 3.63) is 24.5 Å². The molecule has 0 amide bonds. The highest BCUT2D eigenvalue weighted by atomic mass is 16.6. The van der Waals surface area contributed by atoms with E-state index in [1.54, 1.807) is 0 Å². The zero-order valence-corrected chi connectivity index (χ0v) is 5.14. The summed E-state index contributed by atoms with van der Waals surface area (Å²) in [6.45, 7) is 0. The quantitative estimate of drug-likeness (QED) is 0.538. The predicted molar refractivity (Wildman–Crippen MR) is 35.1 cm³/mol. The summed E-state index contributed by atoms with van der Waals surface area (Å²) >= 11 is 0. The van der Waals surface area contributed by atoms with Crippen molar-refractivity contribution in [2.75, 3.05) is 0 Å². The van der Waals surface area contributed by atoms with E-state index in [0.29, 0.717) is 5.75 Å². The van der Waals surface area contributed by atoms with Crippen LogP contribution in [0.4, 0.5) is 0 Å². The van der Waals surface area contributed by atoms with Crippen LogP contribution >= 0.6 is 0 Å². The minimum absolute atomic E-state index is 0.380. The van der Waals surface area contributed by atoms with Crippen molar-refractivity contribution in [1.82, 2.24) is 4.98 Å². The van der Waals surface area contributed by atoms with Gasteiger partial charge >= 0.3 is 7.32 Å². The average Bonchev–Trinajstić information content (AvgIpc) is 1.88. The van der Waals surface area contributed by atoms with E-state index in [1.165, 1.54) is 24.5 Å². The van der Waals surface area contributed by atoms with Gasteiger partial charge in [0.05, 0.1) is 0 Å². The molecule has 1 rings (SSSR count). The predicted octanol–water partition coefficient (Wildman–Crippen LogP) is -0.570. The van der Waals surface area contributed by atoms with Crippen LogP contribution in [-0.2, 0) is 0 Å². The molecule has 4 nitrogen and oxygen atoms in total. The largest absolute Gasteiger partial charge is 0.707 e. The molecule has 10 heavy (non-hydrogen) atoms. The molecule has 5 heteroatoms. The SMILES string of the molecule is OB(O)Oc1ccncc1. The van der Waals surface area contributed by atoms with E-state index in [1.807, 2.05) is 0 Å². The molecule has 0 atom stereocenters. The number of aromatic nitrogens is 1. The molecule has 0 aliphatic carbocycles. The van der Waals surface area contributed by atoms with Gasteiger partial charge in [-0.1, -0.05) is 0 Å². The lowest BCUT2D eigenvalue weighted by atomic mass is 10.2. The lowest BCUT2D eigenvalue weighted by Gasteiger charge is -2.01. The third-order valence-corrected chi connectivity index (χ3v) is 0.891. The Kier molecular flexibility index (Phi) is 2.25. The topological polar surface area (TPSA) is 62.6 Å². The molecule has 0 spiro atoms. The monoisotopic (exact) mass is 139 g/mol. The molecule has 0 radical (unpaired) electrons. The molecule has 0 aromatic carbocycles. The van der Waals surface area contributed by atoms with Crippen molar-refractivity contribution >= 4 is 7.32 Å². The van der Waals surface area contributed by atoms with Crippen molar-refractivity contribution in [2.24, 2.45) is 0 Å². The van der Waals surface area contributed by atoms with Crippen LogP contribution < -0.4 is 4.65 Å². The van der Waals surface area contributed by atoms with E-state index in [-0.39, 0.29) is 0 Å². The van der Waals surface area contributed by atoms with E-state index in [4.69, 9.17) is 10.0 Å². The molecular weight excluding hydrogens is 133 g/mol. The average molecular weight is 139 g/mol. The second-order valence-corrected chi connectivity index (χ2v) is 1.63. The van der Waals surface area contributed by atoms with Crippen molar-refractivity contribution in [2.45, 2.75) is 0 Å². The highest BCUT2D eigenvalue weighted by Gasteiger charge is 2.09. The molecule has 0 unspecified atom stereocenters. The maximum Gasteiger partial charge on any atom is 0.707 e. The molecule has 52 valence electrons. The Balaban J connectivity index is 2.59. The van der Waals surface area contributed by atoms with Gasteiger partial charge in [-0.25, -0.2) is 0 Å². The van der Waals surface area contributed by atoms with Crippen LogP contribution in [0.1, 0.15) is 0 Å². The van der Waals surface area contributed by atoms with Crippen molar-refractivity contribution in [3.63, 3.8) is 0 Å². The number of hydrogen-bond acceptors (Lipinski definition) is 4. The summed E-state index contributed by atoms with van der Waals surface area (Å²) in [6.07, 6.45) is 3.00. The van der Waals surface area contributed by atoms with Gasteiger partial charge in [-0.3, -0.25) is 4.98 Å². The van der Waals surface area contributed by atoms with Crippen molar-refractivity contribution in [3.8, 4) is 5.75 Å². The molecular formula is C5H6BNO3. The van der Waals surface area contributed by atoms with Gasteiger partial charge in [0.2, 0.25) is 0 Å². The van der Waals surface area contributed by atoms with Gasteiger partial charge < -0.3 is 14.7 Å². The van der Waals surface area contributed by atoms with Gasteiger partial charge in [-0.2, -0.15) is 0 Å². The van der Waals surface area contributed by atoms with Crippen LogP contribution in [0.15, 0.2) is 24.5 Å². The minimum atomic E-state index is -1.76. The van der Waals surface area contributed by atoms with Crippen molar-refractivity contribution < 1.29 is 14.7 Å². The molecule has 0 fully saturated rings. The molecule has 0 saturated heterocycles. The number of nitrogens with zero attached hydrogens (tertiary/aromatic N) is 1. The third kappa shape index (κ3) is 2.04.